The molecule has 4 heteroatoms. The van der Waals surface area contributed by atoms with Crippen LogP contribution in [-0.2, 0) is 0 Å². The Hall–Kier alpha value is 0.0148. The first kappa shape index (κ1) is 14.5. The Kier molecular flexibility index (Phi) is 6.81. The maximum atomic E-state index is 10.9. The van der Waals surface area contributed by atoms with Gasteiger partial charge >= 0.3 is 37.7 Å². The van der Waals surface area contributed by atoms with Crippen LogP contribution < -0.4 is 47.9 Å². The third kappa shape index (κ3) is 2.81. The van der Waals surface area contributed by atoms with Gasteiger partial charge in [-0.3, -0.25) is 0 Å². The summed E-state index contributed by atoms with van der Waals surface area (Å²) in [5.41, 5.74) is 1.13. The summed E-state index contributed by atoms with van der Waals surface area (Å²) >= 11 is 0. The Morgan fingerprint density at radius 2 is 1.08 bits per heavy atom. The quantitative estimate of drug-likeness (QED) is 0.346. The van der Waals surface area contributed by atoms with Gasteiger partial charge in [0.2, 0.25) is 0 Å². The van der Waals surface area contributed by atoms with E-state index >= 15 is 0 Å². The molecule has 0 atom stereocenters. The summed E-state index contributed by atoms with van der Waals surface area (Å²) in [6.45, 7) is 3.33. The molecule has 1 aromatic rings. The molecule has 0 aromatic heterocycles. The summed E-state index contributed by atoms with van der Waals surface area (Å²) in [6, 6.07) is 2.62. The summed E-state index contributed by atoms with van der Waals surface area (Å²) in [4.78, 5) is 0. The summed E-state index contributed by atoms with van der Waals surface area (Å²) in [5, 5.41) is 21.7. The van der Waals surface area contributed by atoms with Gasteiger partial charge in [-0.15, -0.1) is 11.5 Å². The van der Waals surface area contributed by atoms with E-state index in [-0.39, 0.29) is 49.2 Å². The zero-order valence-corrected chi connectivity index (χ0v) is 7.97. The summed E-state index contributed by atoms with van der Waals surface area (Å²) in [6.07, 6.45) is 0. The second-order valence-electron chi connectivity index (χ2n) is 2.31. The Labute approximate surface area is 96.3 Å². The standard InChI is InChI=1S/C8H10O2.2Li/c1-5-6(2)8(10)4-3-7(5)9;;/h3-4,9-10H,1-2H3;;/q;2*+1/p-2. The molecule has 0 spiro atoms. The van der Waals surface area contributed by atoms with Crippen molar-refractivity contribution in [1.82, 2.24) is 0 Å². The molecule has 0 unspecified atom stereocenters. The van der Waals surface area contributed by atoms with Crippen molar-refractivity contribution in [3.63, 3.8) is 0 Å². The molecular weight excluding hydrogens is 142 g/mol. The van der Waals surface area contributed by atoms with Crippen molar-refractivity contribution < 1.29 is 47.9 Å². The summed E-state index contributed by atoms with van der Waals surface area (Å²) < 4.78 is 0. The van der Waals surface area contributed by atoms with Gasteiger partial charge in [0.1, 0.15) is 0 Å². The zero-order valence-electron chi connectivity index (χ0n) is 7.97. The molecule has 0 aliphatic rings. The van der Waals surface area contributed by atoms with Crippen LogP contribution in [0.5, 0.6) is 11.5 Å². The number of benzene rings is 1. The van der Waals surface area contributed by atoms with E-state index in [4.69, 9.17) is 0 Å². The fourth-order valence-corrected chi connectivity index (χ4v) is 0.771. The molecule has 0 saturated carbocycles. The largest absolute Gasteiger partial charge is 1.00 e. The molecule has 0 heterocycles. The predicted molar refractivity (Wildman–Crippen MR) is 34.8 cm³/mol. The van der Waals surface area contributed by atoms with Crippen molar-refractivity contribution in [2.24, 2.45) is 0 Å². The SMILES string of the molecule is Cc1c([O-])ccc([O-])c1C.[Li+].[Li+]. The van der Waals surface area contributed by atoms with Crippen LogP contribution >= 0.6 is 0 Å². The van der Waals surface area contributed by atoms with Gasteiger partial charge in [0.15, 0.2) is 0 Å². The van der Waals surface area contributed by atoms with Crippen LogP contribution in [0.2, 0.25) is 0 Å². The molecule has 0 fully saturated rings. The third-order valence-corrected chi connectivity index (χ3v) is 1.69. The fourth-order valence-electron chi connectivity index (χ4n) is 0.771. The van der Waals surface area contributed by atoms with Crippen LogP contribution in [0.25, 0.3) is 0 Å². The first-order valence-corrected chi connectivity index (χ1v) is 3.07. The maximum absolute atomic E-state index is 10.9. The van der Waals surface area contributed by atoms with Gasteiger partial charge in [-0.25, -0.2) is 0 Å². The van der Waals surface area contributed by atoms with Gasteiger partial charge < -0.3 is 10.2 Å². The van der Waals surface area contributed by atoms with Crippen LogP contribution in [-0.4, -0.2) is 0 Å². The van der Waals surface area contributed by atoms with Crippen molar-refractivity contribution in [2.45, 2.75) is 13.8 Å². The normalized spacial score (nSPS) is 8.17. The van der Waals surface area contributed by atoms with E-state index in [2.05, 4.69) is 0 Å². The van der Waals surface area contributed by atoms with Crippen LogP contribution in [0.4, 0.5) is 0 Å². The van der Waals surface area contributed by atoms with E-state index in [1.807, 2.05) is 0 Å². The van der Waals surface area contributed by atoms with Gasteiger partial charge in [-0.05, 0) is 13.8 Å². The van der Waals surface area contributed by atoms with Crippen molar-refractivity contribution in [3.05, 3.63) is 23.3 Å². The minimum atomic E-state index is -0.0582. The van der Waals surface area contributed by atoms with E-state index in [0.717, 1.165) is 0 Å². The average Bonchev–Trinajstić information content (AvgIpc) is 1.93. The summed E-state index contributed by atoms with van der Waals surface area (Å²) in [7, 11) is 0. The minimum Gasteiger partial charge on any atom is -0.872 e. The van der Waals surface area contributed by atoms with E-state index in [0.29, 0.717) is 11.1 Å². The second-order valence-corrected chi connectivity index (χ2v) is 2.31. The van der Waals surface area contributed by atoms with Crippen LogP contribution in [0.15, 0.2) is 12.1 Å². The number of hydrogen-bond donors (Lipinski definition) is 0. The first-order chi connectivity index (χ1) is 4.63. The van der Waals surface area contributed by atoms with E-state index in [9.17, 15) is 10.2 Å². The molecule has 0 bridgehead atoms. The van der Waals surface area contributed by atoms with E-state index in [1.54, 1.807) is 13.8 Å². The fraction of sp³-hybridized carbons (Fsp3) is 0.250. The Morgan fingerprint density at radius 3 is 1.33 bits per heavy atom. The van der Waals surface area contributed by atoms with Crippen molar-refractivity contribution in [3.8, 4) is 11.5 Å². The smallest absolute Gasteiger partial charge is 0.872 e. The molecule has 54 valence electrons. The predicted octanol–water partition coefficient (Wildman–Crippen LogP) is -5.54. The van der Waals surface area contributed by atoms with Gasteiger partial charge in [-0.2, -0.15) is 0 Å². The van der Waals surface area contributed by atoms with E-state index < -0.39 is 0 Å². The Morgan fingerprint density at radius 1 is 0.833 bits per heavy atom. The molecular formula is C8H8Li2O2. The monoisotopic (exact) mass is 150 g/mol. The number of hydrogen-bond acceptors (Lipinski definition) is 2. The molecule has 12 heavy (non-hydrogen) atoms. The molecule has 2 nitrogen and oxygen atoms in total. The molecule has 1 rings (SSSR count). The van der Waals surface area contributed by atoms with Crippen molar-refractivity contribution >= 4 is 0 Å². The van der Waals surface area contributed by atoms with Crippen molar-refractivity contribution in [2.75, 3.05) is 0 Å². The van der Waals surface area contributed by atoms with E-state index in [1.165, 1.54) is 12.1 Å². The van der Waals surface area contributed by atoms with Gasteiger partial charge in [0.05, 0.1) is 0 Å². The second kappa shape index (κ2) is 5.62. The van der Waals surface area contributed by atoms with Gasteiger partial charge in [0.25, 0.3) is 0 Å². The molecule has 0 N–H and O–H groups in total. The average molecular weight is 150 g/mol. The van der Waals surface area contributed by atoms with Crippen molar-refractivity contribution in [1.29, 1.82) is 0 Å². The molecule has 0 amide bonds. The molecule has 0 saturated heterocycles. The molecule has 0 aliphatic carbocycles. The Balaban J connectivity index is 0. The molecule has 0 aliphatic heterocycles. The topological polar surface area (TPSA) is 46.1 Å². The van der Waals surface area contributed by atoms with Crippen LogP contribution in [0.1, 0.15) is 11.1 Å². The number of rotatable bonds is 0. The summed E-state index contributed by atoms with van der Waals surface area (Å²) in [5.74, 6) is -0.116. The van der Waals surface area contributed by atoms with Gasteiger partial charge in [0, 0.05) is 0 Å². The third-order valence-electron chi connectivity index (χ3n) is 1.69. The molecule has 1 aromatic carbocycles. The minimum absolute atomic E-state index is 0. The zero-order chi connectivity index (χ0) is 7.72. The Bertz CT molecular complexity index is 234. The molecule has 0 radical (unpaired) electrons. The maximum Gasteiger partial charge on any atom is 1.00 e. The van der Waals surface area contributed by atoms with Gasteiger partial charge in [-0.1, -0.05) is 23.3 Å². The van der Waals surface area contributed by atoms with Crippen LogP contribution in [0.3, 0.4) is 0 Å². The van der Waals surface area contributed by atoms with Crippen LogP contribution in [0, 0.1) is 13.8 Å². The first-order valence-electron chi connectivity index (χ1n) is 3.07.